The molecule has 0 radical (unpaired) electrons. The van der Waals surface area contributed by atoms with Gasteiger partial charge in [0.05, 0.1) is 23.8 Å². The van der Waals surface area contributed by atoms with Gasteiger partial charge in [0.1, 0.15) is 0 Å². The van der Waals surface area contributed by atoms with Gasteiger partial charge in [-0.3, -0.25) is 9.59 Å². The van der Waals surface area contributed by atoms with Crippen LogP contribution in [0.15, 0.2) is 66.7 Å². The number of amides is 2. The average molecular weight is 444 g/mol. The van der Waals surface area contributed by atoms with E-state index in [9.17, 15) is 9.59 Å². The number of anilines is 2. The van der Waals surface area contributed by atoms with Crippen molar-refractivity contribution in [1.82, 2.24) is 0 Å². The molecule has 0 aliphatic carbocycles. The molecule has 0 bridgehead atoms. The molecule has 2 N–H and O–H groups in total. The lowest BCUT2D eigenvalue weighted by molar-refractivity contribution is -0.130. The standard InChI is InChI=1S/C28H33N3O2/c1-19(2)15-16-30-18-24(20(3)27(29)32)28(33)31(26-14-7-6-13-25(26)30)17-22-11-8-10-21-9-4-5-12-23(21)22/h4-14,19-20,24H,15-18H2,1-3H3,(H2,29,32)/t20?,24-/m1/s1. The smallest absolute Gasteiger partial charge is 0.233 e. The van der Waals surface area contributed by atoms with Crippen molar-refractivity contribution in [1.29, 1.82) is 0 Å². The molecule has 4 rings (SSSR count). The second-order valence-corrected chi connectivity index (χ2v) is 9.48. The SMILES string of the molecule is CC(C)CCN1C[C@H](C(C)C(N)=O)C(=O)N(Cc2cccc3ccccc23)c2ccccc21. The lowest BCUT2D eigenvalue weighted by atomic mass is 9.91. The number of rotatable bonds is 7. The molecule has 5 nitrogen and oxygen atoms in total. The van der Waals surface area contributed by atoms with Gasteiger partial charge in [-0.2, -0.15) is 0 Å². The van der Waals surface area contributed by atoms with Crippen LogP contribution in [0.4, 0.5) is 11.4 Å². The number of nitrogens with zero attached hydrogens (tertiary/aromatic N) is 2. The highest BCUT2D eigenvalue weighted by molar-refractivity contribution is 6.02. The fourth-order valence-electron chi connectivity index (χ4n) is 4.65. The van der Waals surface area contributed by atoms with Gasteiger partial charge in [0.2, 0.25) is 11.8 Å². The molecule has 172 valence electrons. The lowest BCUT2D eigenvalue weighted by Gasteiger charge is -2.28. The number of hydrogen-bond acceptors (Lipinski definition) is 3. The summed E-state index contributed by atoms with van der Waals surface area (Å²) in [6.45, 7) is 7.93. The van der Waals surface area contributed by atoms with E-state index in [-0.39, 0.29) is 5.91 Å². The lowest BCUT2D eigenvalue weighted by Crippen LogP contribution is -2.44. The zero-order valence-electron chi connectivity index (χ0n) is 19.7. The summed E-state index contributed by atoms with van der Waals surface area (Å²) in [4.78, 5) is 30.3. The van der Waals surface area contributed by atoms with E-state index in [0.717, 1.165) is 40.7 Å². The Hall–Kier alpha value is -3.34. The molecule has 0 spiro atoms. The van der Waals surface area contributed by atoms with Crippen molar-refractivity contribution in [2.45, 2.75) is 33.7 Å². The molecule has 1 aliphatic rings. The fourth-order valence-corrected chi connectivity index (χ4v) is 4.65. The molecule has 0 aromatic heterocycles. The molecular weight excluding hydrogens is 410 g/mol. The number of para-hydroxylation sites is 2. The van der Waals surface area contributed by atoms with Crippen molar-refractivity contribution >= 4 is 34.0 Å². The van der Waals surface area contributed by atoms with Crippen molar-refractivity contribution in [3.05, 3.63) is 72.3 Å². The third-order valence-electron chi connectivity index (χ3n) is 6.75. The Labute approximate surface area is 196 Å². The van der Waals surface area contributed by atoms with E-state index in [1.54, 1.807) is 6.92 Å². The summed E-state index contributed by atoms with van der Waals surface area (Å²) in [5, 5.41) is 2.27. The normalized spacial score (nSPS) is 17.2. The summed E-state index contributed by atoms with van der Waals surface area (Å²) in [6.07, 6.45) is 1.00. The minimum absolute atomic E-state index is 0.0475. The Morgan fingerprint density at radius 1 is 0.970 bits per heavy atom. The Bertz CT molecular complexity index is 1150. The van der Waals surface area contributed by atoms with Crippen LogP contribution in [0.25, 0.3) is 10.8 Å². The van der Waals surface area contributed by atoms with Crippen molar-refractivity contribution in [3.8, 4) is 0 Å². The minimum atomic E-state index is -0.552. The highest BCUT2D eigenvalue weighted by atomic mass is 16.2. The van der Waals surface area contributed by atoms with Gasteiger partial charge in [-0.05, 0) is 40.8 Å². The number of nitrogens with two attached hydrogens (primary N) is 1. The molecule has 0 saturated heterocycles. The van der Waals surface area contributed by atoms with Gasteiger partial charge in [-0.25, -0.2) is 0 Å². The van der Waals surface area contributed by atoms with Crippen molar-refractivity contribution < 1.29 is 9.59 Å². The first-order valence-electron chi connectivity index (χ1n) is 11.8. The highest BCUT2D eigenvalue weighted by Crippen LogP contribution is 2.37. The van der Waals surface area contributed by atoms with Crippen LogP contribution < -0.4 is 15.5 Å². The number of fused-ring (bicyclic) bond motifs is 2. The summed E-state index contributed by atoms with van der Waals surface area (Å²) in [7, 11) is 0. The molecule has 1 aliphatic heterocycles. The van der Waals surface area contributed by atoms with E-state index < -0.39 is 17.7 Å². The molecule has 0 fully saturated rings. The van der Waals surface area contributed by atoms with Crippen LogP contribution in [0.2, 0.25) is 0 Å². The zero-order chi connectivity index (χ0) is 23.5. The van der Waals surface area contributed by atoms with E-state index in [4.69, 9.17) is 5.73 Å². The third kappa shape index (κ3) is 4.72. The molecule has 2 atom stereocenters. The molecule has 1 heterocycles. The first-order chi connectivity index (χ1) is 15.9. The Morgan fingerprint density at radius 3 is 2.36 bits per heavy atom. The van der Waals surface area contributed by atoms with Gasteiger partial charge in [-0.1, -0.05) is 75.4 Å². The molecule has 1 unspecified atom stereocenters. The van der Waals surface area contributed by atoms with Crippen LogP contribution in [-0.4, -0.2) is 24.9 Å². The fraction of sp³-hybridized carbons (Fsp3) is 0.357. The third-order valence-corrected chi connectivity index (χ3v) is 6.75. The summed E-state index contributed by atoms with van der Waals surface area (Å²) in [5.74, 6) is -1.00. The van der Waals surface area contributed by atoms with Crippen LogP contribution in [0.1, 0.15) is 32.8 Å². The van der Waals surface area contributed by atoms with Crippen molar-refractivity contribution in [3.63, 3.8) is 0 Å². The van der Waals surface area contributed by atoms with E-state index in [0.29, 0.717) is 19.0 Å². The van der Waals surface area contributed by atoms with Gasteiger partial charge in [0, 0.05) is 19.0 Å². The monoisotopic (exact) mass is 443 g/mol. The number of carbonyl (C=O) groups excluding carboxylic acids is 2. The van der Waals surface area contributed by atoms with Crippen LogP contribution in [0, 0.1) is 17.8 Å². The number of carbonyl (C=O) groups is 2. The maximum absolute atomic E-state index is 14.0. The van der Waals surface area contributed by atoms with E-state index >= 15 is 0 Å². The maximum atomic E-state index is 14.0. The first-order valence-corrected chi connectivity index (χ1v) is 11.8. The summed E-state index contributed by atoms with van der Waals surface area (Å²) >= 11 is 0. The van der Waals surface area contributed by atoms with Gasteiger partial charge >= 0.3 is 0 Å². The predicted octanol–water partition coefficient (Wildman–Crippen LogP) is 4.98. The molecule has 2 amide bonds. The topological polar surface area (TPSA) is 66.6 Å². The van der Waals surface area contributed by atoms with Gasteiger partial charge in [0.25, 0.3) is 0 Å². The molecule has 0 saturated carbocycles. The van der Waals surface area contributed by atoms with E-state index in [2.05, 4.69) is 49.1 Å². The van der Waals surface area contributed by atoms with Crippen molar-refractivity contribution in [2.75, 3.05) is 22.9 Å². The number of benzene rings is 3. The quantitative estimate of drug-likeness (QED) is 0.560. The molecule has 3 aromatic carbocycles. The van der Waals surface area contributed by atoms with Crippen LogP contribution >= 0.6 is 0 Å². The largest absolute Gasteiger partial charge is 0.369 e. The van der Waals surface area contributed by atoms with Crippen LogP contribution in [0.5, 0.6) is 0 Å². The Kier molecular flexibility index (Phi) is 6.68. The molecule has 5 heteroatoms. The summed E-state index contributed by atoms with van der Waals surface area (Å²) in [6, 6.07) is 22.5. The van der Waals surface area contributed by atoms with Crippen molar-refractivity contribution in [2.24, 2.45) is 23.5 Å². The van der Waals surface area contributed by atoms with E-state index in [1.165, 1.54) is 0 Å². The van der Waals surface area contributed by atoms with Gasteiger partial charge in [-0.15, -0.1) is 0 Å². The Morgan fingerprint density at radius 2 is 1.64 bits per heavy atom. The maximum Gasteiger partial charge on any atom is 0.233 e. The number of hydrogen-bond donors (Lipinski definition) is 1. The van der Waals surface area contributed by atoms with Crippen LogP contribution in [-0.2, 0) is 16.1 Å². The second-order valence-electron chi connectivity index (χ2n) is 9.48. The zero-order valence-corrected chi connectivity index (χ0v) is 19.7. The molecule has 33 heavy (non-hydrogen) atoms. The second kappa shape index (κ2) is 9.65. The van der Waals surface area contributed by atoms with Crippen LogP contribution in [0.3, 0.4) is 0 Å². The minimum Gasteiger partial charge on any atom is -0.369 e. The first kappa shape index (κ1) is 22.8. The summed E-state index contributed by atoms with van der Waals surface area (Å²) < 4.78 is 0. The van der Waals surface area contributed by atoms with Gasteiger partial charge < -0.3 is 15.5 Å². The van der Waals surface area contributed by atoms with Gasteiger partial charge in [0.15, 0.2) is 0 Å². The Balaban J connectivity index is 1.81. The number of primary amides is 1. The van der Waals surface area contributed by atoms with E-state index in [1.807, 2.05) is 41.3 Å². The highest BCUT2D eigenvalue weighted by Gasteiger charge is 2.38. The molecule has 3 aromatic rings. The molecular formula is C28H33N3O2. The predicted molar refractivity (Wildman–Crippen MR) is 135 cm³/mol. The average Bonchev–Trinajstić information content (AvgIpc) is 2.92. The summed E-state index contributed by atoms with van der Waals surface area (Å²) in [5.41, 5.74) is 8.70.